The van der Waals surface area contributed by atoms with Crippen LogP contribution < -0.4 is 5.32 Å². The first-order chi connectivity index (χ1) is 12.7. The van der Waals surface area contributed by atoms with Gasteiger partial charge in [-0.1, -0.05) is 6.07 Å². The van der Waals surface area contributed by atoms with Gasteiger partial charge in [-0.3, -0.25) is 9.59 Å². The van der Waals surface area contributed by atoms with Gasteiger partial charge < -0.3 is 19.9 Å². The third-order valence-electron chi connectivity index (χ3n) is 5.02. The number of nitrogens with one attached hydrogen (secondary N) is 2. The molecule has 0 unspecified atom stereocenters. The number of benzene rings is 1. The molecular weight excluding hydrogens is 330 g/mol. The predicted molar refractivity (Wildman–Crippen MR) is 98.6 cm³/mol. The van der Waals surface area contributed by atoms with E-state index in [4.69, 9.17) is 4.74 Å². The van der Waals surface area contributed by atoms with E-state index in [0.717, 1.165) is 12.8 Å². The summed E-state index contributed by atoms with van der Waals surface area (Å²) in [5.41, 5.74) is 4.22. The number of aromatic amines is 1. The Morgan fingerprint density at radius 2 is 1.88 bits per heavy atom. The highest BCUT2D eigenvalue weighted by Gasteiger charge is 2.20. The summed E-state index contributed by atoms with van der Waals surface area (Å²) in [4.78, 5) is 30.2. The van der Waals surface area contributed by atoms with Crippen molar-refractivity contribution in [2.75, 3.05) is 31.6 Å². The Kier molecular flexibility index (Phi) is 4.75. The second-order valence-corrected chi connectivity index (χ2v) is 6.83. The van der Waals surface area contributed by atoms with E-state index in [0.29, 0.717) is 43.2 Å². The maximum absolute atomic E-state index is 12.6. The first-order valence-corrected chi connectivity index (χ1v) is 9.20. The molecule has 0 bridgehead atoms. The van der Waals surface area contributed by atoms with E-state index in [9.17, 15) is 9.59 Å². The number of amides is 2. The lowest BCUT2D eigenvalue weighted by atomic mass is 9.98. The molecule has 0 radical (unpaired) electrons. The average Bonchev–Trinajstić information content (AvgIpc) is 3.13. The molecule has 1 aliphatic carbocycles. The summed E-state index contributed by atoms with van der Waals surface area (Å²) in [7, 11) is 0. The molecule has 2 heterocycles. The minimum atomic E-state index is -0.171. The van der Waals surface area contributed by atoms with Crippen molar-refractivity contribution in [1.29, 1.82) is 0 Å². The first kappa shape index (κ1) is 16.8. The minimum absolute atomic E-state index is 0.0280. The van der Waals surface area contributed by atoms with Gasteiger partial charge in [-0.05, 0) is 55.5 Å². The number of carbonyl (C=O) groups excluding carboxylic acids is 2. The molecule has 4 rings (SSSR count). The summed E-state index contributed by atoms with van der Waals surface area (Å²) in [6.45, 7) is 2.34. The predicted octanol–water partition coefficient (Wildman–Crippen LogP) is 2.62. The fourth-order valence-corrected chi connectivity index (χ4v) is 3.60. The van der Waals surface area contributed by atoms with Crippen LogP contribution >= 0.6 is 0 Å². The number of fused-ring (bicyclic) bond motifs is 1. The smallest absolute Gasteiger partial charge is 0.272 e. The number of hydrogen-bond acceptors (Lipinski definition) is 3. The van der Waals surface area contributed by atoms with Crippen molar-refractivity contribution < 1.29 is 14.3 Å². The van der Waals surface area contributed by atoms with E-state index in [1.807, 2.05) is 6.07 Å². The number of hydrogen-bond donors (Lipinski definition) is 2. The average molecular weight is 353 g/mol. The molecular formula is C20H23N3O3. The van der Waals surface area contributed by atoms with Gasteiger partial charge in [0.1, 0.15) is 5.69 Å². The molecule has 0 saturated carbocycles. The van der Waals surface area contributed by atoms with E-state index in [-0.39, 0.29) is 11.8 Å². The molecule has 2 N–H and O–H groups in total. The van der Waals surface area contributed by atoms with Gasteiger partial charge in [0.05, 0.1) is 13.2 Å². The largest absolute Gasteiger partial charge is 0.378 e. The van der Waals surface area contributed by atoms with Gasteiger partial charge in [-0.15, -0.1) is 0 Å². The number of aryl methyl sites for hydroxylation is 2. The van der Waals surface area contributed by atoms with Crippen LogP contribution in [0.15, 0.2) is 30.3 Å². The Morgan fingerprint density at radius 3 is 2.69 bits per heavy atom. The van der Waals surface area contributed by atoms with Crippen molar-refractivity contribution in [3.8, 4) is 0 Å². The van der Waals surface area contributed by atoms with Gasteiger partial charge in [0.25, 0.3) is 11.8 Å². The summed E-state index contributed by atoms with van der Waals surface area (Å²) in [5, 5.41) is 2.90. The zero-order chi connectivity index (χ0) is 17.9. The van der Waals surface area contributed by atoms with Crippen molar-refractivity contribution in [2.45, 2.75) is 25.7 Å². The number of morpholine rings is 1. The zero-order valence-electron chi connectivity index (χ0n) is 14.7. The van der Waals surface area contributed by atoms with Crippen molar-refractivity contribution >= 4 is 17.5 Å². The van der Waals surface area contributed by atoms with Gasteiger partial charge in [0.2, 0.25) is 0 Å². The van der Waals surface area contributed by atoms with Crippen LogP contribution in [0.4, 0.5) is 5.69 Å². The first-order valence-electron chi connectivity index (χ1n) is 9.20. The van der Waals surface area contributed by atoms with E-state index in [2.05, 4.69) is 10.3 Å². The zero-order valence-corrected chi connectivity index (χ0v) is 14.7. The number of rotatable bonds is 3. The lowest BCUT2D eigenvalue weighted by Crippen LogP contribution is -2.40. The van der Waals surface area contributed by atoms with Crippen LogP contribution in [0, 0.1) is 0 Å². The Labute approximate surface area is 152 Å². The Morgan fingerprint density at radius 1 is 1.08 bits per heavy atom. The number of ether oxygens (including phenoxy) is 1. The monoisotopic (exact) mass is 353 g/mol. The van der Waals surface area contributed by atoms with Crippen LogP contribution in [0.2, 0.25) is 0 Å². The number of carbonyl (C=O) groups is 2. The van der Waals surface area contributed by atoms with E-state index < -0.39 is 0 Å². The highest BCUT2D eigenvalue weighted by molar-refractivity contribution is 6.04. The summed E-state index contributed by atoms with van der Waals surface area (Å²) in [6.07, 6.45) is 4.38. The normalized spacial score (nSPS) is 16.8. The van der Waals surface area contributed by atoms with E-state index in [1.165, 1.54) is 24.1 Å². The third-order valence-corrected chi connectivity index (χ3v) is 5.02. The quantitative estimate of drug-likeness (QED) is 0.891. The Balaban J connectivity index is 1.47. The molecule has 1 saturated heterocycles. The van der Waals surface area contributed by atoms with Crippen LogP contribution in [-0.2, 0) is 17.6 Å². The molecule has 0 spiro atoms. The van der Waals surface area contributed by atoms with Crippen molar-refractivity contribution in [3.63, 3.8) is 0 Å². The second-order valence-electron chi connectivity index (χ2n) is 6.83. The van der Waals surface area contributed by atoms with Gasteiger partial charge >= 0.3 is 0 Å². The minimum Gasteiger partial charge on any atom is -0.378 e. The van der Waals surface area contributed by atoms with E-state index >= 15 is 0 Å². The van der Waals surface area contributed by atoms with Crippen molar-refractivity contribution in [2.24, 2.45) is 0 Å². The van der Waals surface area contributed by atoms with Gasteiger partial charge in [-0.2, -0.15) is 0 Å². The molecule has 26 heavy (non-hydrogen) atoms. The highest BCUT2D eigenvalue weighted by Crippen LogP contribution is 2.22. The van der Waals surface area contributed by atoms with Gasteiger partial charge in [-0.25, -0.2) is 0 Å². The highest BCUT2D eigenvalue weighted by atomic mass is 16.5. The topological polar surface area (TPSA) is 74.4 Å². The van der Waals surface area contributed by atoms with Crippen LogP contribution in [0.3, 0.4) is 0 Å². The number of H-pyrrole nitrogens is 1. The SMILES string of the molecule is O=C(Nc1cccc(C(=O)N2CCOCC2)c1)c1cc2c([nH]1)CCCC2. The summed E-state index contributed by atoms with van der Waals surface area (Å²) in [5.74, 6) is -0.199. The van der Waals surface area contributed by atoms with E-state index in [1.54, 1.807) is 29.2 Å². The lowest BCUT2D eigenvalue weighted by Gasteiger charge is -2.27. The number of nitrogens with zero attached hydrogens (tertiary/aromatic N) is 1. The maximum Gasteiger partial charge on any atom is 0.272 e. The van der Waals surface area contributed by atoms with Crippen LogP contribution in [0.25, 0.3) is 0 Å². The molecule has 2 aliphatic rings. The second kappa shape index (κ2) is 7.33. The molecule has 6 nitrogen and oxygen atoms in total. The molecule has 2 aromatic rings. The lowest BCUT2D eigenvalue weighted by molar-refractivity contribution is 0.0303. The Hall–Kier alpha value is -2.60. The molecule has 1 fully saturated rings. The summed E-state index contributed by atoms with van der Waals surface area (Å²) >= 11 is 0. The molecule has 0 atom stereocenters. The van der Waals surface area contributed by atoms with Crippen LogP contribution in [0.5, 0.6) is 0 Å². The number of anilines is 1. The molecule has 6 heteroatoms. The number of aromatic nitrogens is 1. The fraction of sp³-hybridized carbons (Fsp3) is 0.400. The molecule has 2 amide bonds. The van der Waals surface area contributed by atoms with Gasteiger partial charge in [0.15, 0.2) is 0 Å². The third kappa shape index (κ3) is 3.51. The maximum atomic E-state index is 12.6. The van der Waals surface area contributed by atoms with Crippen molar-refractivity contribution in [3.05, 3.63) is 52.8 Å². The molecule has 136 valence electrons. The van der Waals surface area contributed by atoms with Crippen LogP contribution in [0.1, 0.15) is 44.9 Å². The molecule has 1 aromatic heterocycles. The van der Waals surface area contributed by atoms with Gasteiger partial charge in [0, 0.05) is 30.0 Å². The van der Waals surface area contributed by atoms with Crippen molar-refractivity contribution in [1.82, 2.24) is 9.88 Å². The summed E-state index contributed by atoms with van der Waals surface area (Å²) in [6, 6.07) is 9.06. The Bertz CT molecular complexity index is 798. The van der Waals surface area contributed by atoms with Crippen LogP contribution in [-0.4, -0.2) is 48.0 Å². The molecule has 1 aromatic carbocycles. The summed E-state index contributed by atoms with van der Waals surface area (Å²) < 4.78 is 5.29. The fourth-order valence-electron chi connectivity index (χ4n) is 3.60. The standard InChI is InChI=1S/C20H23N3O3/c24-19(18-13-14-4-1-2-7-17(14)22-18)21-16-6-3-5-15(12-16)20(25)23-8-10-26-11-9-23/h3,5-6,12-13,22H,1-2,4,7-11H2,(H,21,24). The molecule has 1 aliphatic heterocycles.